The van der Waals surface area contributed by atoms with Crippen LogP contribution in [0.3, 0.4) is 0 Å². The van der Waals surface area contributed by atoms with Gasteiger partial charge in [-0.25, -0.2) is 8.42 Å². The fourth-order valence-corrected chi connectivity index (χ4v) is 3.82. The van der Waals surface area contributed by atoms with Crippen molar-refractivity contribution in [2.45, 2.75) is 14.7 Å². The van der Waals surface area contributed by atoms with Gasteiger partial charge in [0.1, 0.15) is 9.79 Å². The summed E-state index contributed by atoms with van der Waals surface area (Å²) >= 11 is 0. The summed E-state index contributed by atoms with van der Waals surface area (Å²) in [6.45, 7) is 0. The molecule has 0 atom stereocenters. The van der Waals surface area contributed by atoms with Crippen molar-refractivity contribution in [1.29, 1.82) is 0 Å². The van der Waals surface area contributed by atoms with Crippen LogP contribution in [0.5, 0.6) is 0 Å². The number of rotatable bonds is 1. The molecule has 13 heavy (non-hydrogen) atoms. The predicted molar refractivity (Wildman–Crippen MR) is 41.7 cm³/mol. The molecule has 70 valence electrons. The highest BCUT2D eigenvalue weighted by molar-refractivity contribution is 7.98. The zero-order valence-electron chi connectivity index (χ0n) is 6.13. The fourth-order valence-electron chi connectivity index (χ4n) is 1.13. The smallest absolute Gasteiger partial charge is 0.282 e. The Morgan fingerprint density at radius 1 is 1.23 bits per heavy atom. The Hall–Kier alpha value is -0.920. The standard InChI is InChI=1S/C6H4O5S2/c7-12(8)4-2-1-3-5(6(4)12)13(9,10)11/h1-3H,(H,9,10,11). The van der Waals surface area contributed by atoms with Crippen molar-refractivity contribution in [1.82, 2.24) is 0 Å². The topological polar surface area (TPSA) is 88.5 Å². The van der Waals surface area contributed by atoms with Gasteiger partial charge in [0, 0.05) is 0 Å². The van der Waals surface area contributed by atoms with Crippen molar-refractivity contribution in [3.05, 3.63) is 18.2 Å². The lowest BCUT2D eigenvalue weighted by Crippen LogP contribution is -1.97. The average molecular weight is 220 g/mol. The largest absolute Gasteiger partial charge is 0.295 e. The van der Waals surface area contributed by atoms with Gasteiger partial charge in [-0.15, -0.1) is 0 Å². The maximum Gasteiger partial charge on any atom is 0.295 e. The van der Waals surface area contributed by atoms with E-state index in [4.69, 9.17) is 4.55 Å². The lowest BCUT2D eigenvalue weighted by atomic mass is 10.4. The van der Waals surface area contributed by atoms with Gasteiger partial charge in [0.05, 0.1) is 4.90 Å². The van der Waals surface area contributed by atoms with E-state index < -0.39 is 24.9 Å². The van der Waals surface area contributed by atoms with Crippen molar-refractivity contribution in [2.24, 2.45) is 0 Å². The van der Waals surface area contributed by atoms with Gasteiger partial charge in [-0.3, -0.25) is 4.55 Å². The summed E-state index contributed by atoms with van der Waals surface area (Å²) in [5.41, 5.74) is 0. The van der Waals surface area contributed by atoms with Gasteiger partial charge >= 0.3 is 0 Å². The van der Waals surface area contributed by atoms with Crippen LogP contribution >= 0.6 is 0 Å². The molecule has 7 heteroatoms. The molecule has 0 aliphatic carbocycles. The van der Waals surface area contributed by atoms with Crippen molar-refractivity contribution >= 4 is 20.0 Å². The van der Waals surface area contributed by atoms with Gasteiger partial charge in [0.25, 0.3) is 10.1 Å². The summed E-state index contributed by atoms with van der Waals surface area (Å²) in [6, 6.07) is 3.62. The summed E-state index contributed by atoms with van der Waals surface area (Å²) in [6.07, 6.45) is 0. The van der Waals surface area contributed by atoms with Crippen molar-refractivity contribution in [3.63, 3.8) is 0 Å². The molecular formula is C6H4O5S2. The number of fused-ring (bicyclic) bond motifs is 1. The second-order valence-corrected chi connectivity index (χ2v) is 5.81. The second-order valence-electron chi connectivity index (χ2n) is 2.56. The van der Waals surface area contributed by atoms with Crippen LogP contribution in [0.4, 0.5) is 0 Å². The van der Waals surface area contributed by atoms with E-state index in [1.54, 1.807) is 0 Å². The van der Waals surface area contributed by atoms with Crippen LogP contribution in [0, 0.1) is 0 Å². The van der Waals surface area contributed by atoms with Crippen LogP contribution in [0.1, 0.15) is 0 Å². The first-order valence-corrected chi connectivity index (χ1v) is 6.13. The van der Waals surface area contributed by atoms with Crippen molar-refractivity contribution in [3.8, 4) is 0 Å². The molecule has 5 nitrogen and oxygen atoms in total. The van der Waals surface area contributed by atoms with E-state index >= 15 is 0 Å². The second kappa shape index (κ2) is 2.11. The lowest BCUT2D eigenvalue weighted by Gasteiger charge is -1.90. The minimum Gasteiger partial charge on any atom is -0.282 e. The Kier molecular flexibility index (Phi) is 1.41. The molecule has 0 saturated carbocycles. The molecule has 1 heterocycles. The van der Waals surface area contributed by atoms with Crippen LogP contribution in [0.2, 0.25) is 0 Å². The first-order chi connectivity index (χ1) is 5.85. The SMILES string of the molecule is O=S(=O)(O)c1cccc2c1S2(=O)=O. The van der Waals surface area contributed by atoms with E-state index in [1.165, 1.54) is 12.1 Å². The molecule has 1 aliphatic heterocycles. The molecule has 0 saturated heterocycles. The highest BCUT2D eigenvalue weighted by Crippen LogP contribution is 2.44. The maximum atomic E-state index is 11.0. The van der Waals surface area contributed by atoms with E-state index in [0.717, 1.165) is 6.07 Å². The van der Waals surface area contributed by atoms with Gasteiger partial charge in [0.15, 0.2) is 0 Å². The fraction of sp³-hybridized carbons (Fsp3) is 0. The molecule has 0 radical (unpaired) electrons. The van der Waals surface area contributed by atoms with E-state index in [0.29, 0.717) is 0 Å². The molecule has 0 fully saturated rings. The summed E-state index contributed by atoms with van der Waals surface area (Å²) in [7, 11) is -7.96. The summed E-state index contributed by atoms with van der Waals surface area (Å²) in [5, 5.41) is 0. The Morgan fingerprint density at radius 2 is 1.85 bits per heavy atom. The Bertz CT molecular complexity index is 581. The maximum absolute atomic E-state index is 11.0. The zero-order chi connectivity index (χ0) is 9.85. The highest BCUT2D eigenvalue weighted by atomic mass is 32.2. The highest BCUT2D eigenvalue weighted by Gasteiger charge is 2.44. The van der Waals surface area contributed by atoms with Gasteiger partial charge in [-0.2, -0.15) is 8.42 Å². The van der Waals surface area contributed by atoms with Gasteiger partial charge in [-0.05, 0) is 12.1 Å². The molecule has 0 spiro atoms. The normalized spacial score (nSPS) is 17.9. The van der Waals surface area contributed by atoms with Gasteiger partial charge in [0.2, 0.25) is 9.84 Å². The monoisotopic (exact) mass is 220 g/mol. The number of sulfone groups is 1. The molecule has 0 amide bonds. The lowest BCUT2D eigenvalue weighted by molar-refractivity contribution is 0.480. The first-order valence-electron chi connectivity index (χ1n) is 3.21. The molecule has 1 aliphatic rings. The molecular weight excluding hydrogens is 216 g/mol. The molecule has 1 N–H and O–H groups in total. The summed E-state index contributed by atoms with van der Waals surface area (Å²) in [5.74, 6) is 0. The number of benzene rings is 1. The third kappa shape index (κ3) is 1.08. The van der Waals surface area contributed by atoms with Crippen LogP contribution in [-0.4, -0.2) is 21.4 Å². The number of hydrogen-bond donors (Lipinski definition) is 1. The molecule has 1 aromatic carbocycles. The molecule has 1 aromatic rings. The predicted octanol–water partition coefficient (Wildman–Crippen LogP) is 0.0795. The summed E-state index contributed by atoms with van der Waals surface area (Å²) in [4.78, 5) is -0.842. The van der Waals surface area contributed by atoms with E-state index in [9.17, 15) is 16.8 Å². The third-order valence-electron chi connectivity index (χ3n) is 1.74. The van der Waals surface area contributed by atoms with Crippen molar-refractivity contribution < 1.29 is 21.4 Å². The quantitative estimate of drug-likeness (QED) is 0.543. The number of hydrogen-bond acceptors (Lipinski definition) is 4. The Morgan fingerprint density at radius 3 is 2.31 bits per heavy atom. The molecule has 0 unspecified atom stereocenters. The van der Waals surface area contributed by atoms with Crippen LogP contribution in [0.15, 0.2) is 32.9 Å². The van der Waals surface area contributed by atoms with Gasteiger partial charge in [-0.1, -0.05) is 6.07 Å². The molecule has 0 aromatic heterocycles. The first kappa shape index (κ1) is 8.67. The van der Waals surface area contributed by atoms with E-state index in [-0.39, 0.29) is 9.79 Å². The van der Waals surface area contributed by atoms with E-state index in [1.807, 2.05) is 0 Å². The van der Waals surface area contributed by atoms with Crippen LogP contribution in [-0.2, 0) is 20.0 Å². The minimum atomic E-state index is -4.43. The Balaban J connectivity index is 2.84. The van der Waals surface area contributed by atoms with Gasteiger partial charge < -0.3 is 0 Å². The zero-order valence-corrected chi connectivity index (χ0v) is 7.76. The summed E-state index contributed by atoms with van der Waals surface area (Å²) < 4.78 is 52.0. The minimum absolute atomic E-state index is 0.0253. The van der Waals surface area contributed by atoms with Crippen LogP contribution in [0.25, 0.3) is 0 Å². The van der Waals surface area contributed by atoms with Crippen LogP contribution < -0.4 is 0 Å². The molecule has 0 bridgehead atoms. The molecule has 2 rings (SSSR count). The Labute approximate surface area is 74.7 Å². The third-order valence-corrected chi connectivity index (χ3v) is 4.45. The van der Waals surface area contributed by atoms with Crippen molar-refractivity contribution in [2.75, 3.05) is 0 Å². The van der Waals surface area contributed by atoms with E-state index in [2.05, 4.69) is 0 Å². The average Bonchev–Trinajstić information content (AvgIpc) is 2.54.